The molecule has 0 amide bonds. The van der Waals surface area contributed by atoms with Crippen molar-refractivity contribution in [2.24, 2.45) is 11.3 Å². The van der Waals surface area contributed by atoms with Crippen molar-refractivity contribution in [1.82, 2.24) is 0 Å². The average molecular weight is 192 g/mol. The van der Waals surface area contributed by atoms with E-state index in [-0.39, 0.29) is 5.41 Å². The van der Waals surface area contributed by atoms with Crippen LogP contribution in [0.4, 0.5) is 0 Å². The van der Waals surface area contributed by atoms with E-state index in [4.69, 9.17) is 0 Å². The molecular weight excluding hydrogens is 172 g/mol. The Balaban J connectivity index is 2.36. The summed E-state index contributed by atoms with van der Waals surface area (Å²) >= 11 is 0. The Bertz CT molecular complexity index is 259. The SMILES string of the molecule is CC(C)(C)C#CCC1CCCC(=O)C1. The average Bonchev–Trinajstić information content (AvgIpc) is 2.01. The summed E-state index contributed by atoms with van der Waals surface area (Å²) in [6.07, 6.45) is 4.72. The third-order valence-electron chi connectivity index (χ3n) is 2.44. The minimum Gasteiger partial charge on any atom is -0.300 e. The van der Waals surface area contributed by atoms with Gasteiger partial charge < -0.3 is 0 Å². The van der Waals surface area contributed by atoms with Gasteiger partial charge in [0.15, 0.2) is 0 Å². The van der Waals surface area contributed by atoms with Gasteiger partial charge in [-0.1, -0.05) is 5.92 Å². The van der Waals surface area contributed by atoms with Crippen LogP contribution in [0.5, 0.6) is 0 Å². The first-order valence-corrected chi connectivity index (χ1v) is 5.49. The second kappa shape index (κ2) is 4.64. The molecule has 0 N–H and O–H groups in total. The van der Waals surface area contributed by atoms with E-state index in [0.29, 0.717) is 11.7 Å². The highest BCUT2D eigenvalue weighted by atomic mass is 16.1. The lowest BCUT2D eigenvalue weighted by Gasteiger charge is -2.18. The van der Waals surface area contributed by atoms with Crippen LogP contribution in [0, 0.1) is 23.2 Å². The summed E-state index contributed by atoms with van der Waals surface area (Å²) in [5, 5.41) is 0. The van der Waals surface area contributed by atoms with Crippen LogP contribution in [0.3, 0.4) is 0 Å². The van der Waals surface area contributed by atoms with Crippen LogP contribution in [0.25, 0.3) is 0 Å². The fourth-order valence-electron chi connectivity index (χ4n) is 1.75. The third-order valence-corrected chi connectivity index (χ3v) is 2.44. The third kappa shape index (κ3) is 4.46. The molecule has 78 valence electrons. The molecule has 1 aliphatic carbocycles. The monoisotopic (exact) mass is 192 g/mol. The van der Waals surface area contributed by atoms with Crippen LogP contribution in [-0.4, -0.2) is 5.78 Å². The predicted octanol–water partition coefficient (Wildman–Crippen LogP) is 3.19. The van der Waals surface area contributed by atoms with Gasteiger partial charge >= 0.3 is 0 Å². The van der Waals surface area contributed by atoms with Crippen molar-refractivity contribution in [2.45, 2.75) is 52.9 Å². The second-order valence-corrected chi connectivity index (χ2v) is 5.26. The Morgan fingerprint density at radius 3 is 2.71 bits per heavy atom. The lowest BCUT2D eigenvalue weighted by atomic mass is 9.86. The number of hydrogen-bond donors (Lipinski definition) is 0. The highest BCUT2D eigenvalue weighted by Crippen LogP contribution is 2.23. The van der Waals surface area contributed by atoms with Crippen LogP contribution in [0.2, 0.25) is 0 Å². The topological polar surface area (TPSA) is 17.1 Å². The number of ketones is 1. The minimum atomic E-state index is 0.0959. The van der Waals surface area contributed by atoms with Crippen LogP contribution >= 0.6 is 0 Å². The molecule has 1 unspecified atom stereocenters. The molecule has 0 aromatic rings. The summed E-state index contributed by atoms with van der Waals surface area (Å²) in [4.78, 5) is 11.2. The molecule has 1 saturated carbocycles. The molecular formula is C13H20O. The highest BCUT2D eigenvalue weighted by molar-refractivity contribution is 5.79. The molecule has 1 aliphatic rings. The lowest BCUT2D eigenvalue weighted by molar-refractivity contribution is -0.121. The van der Waals surface area contributed by atoms with E-state index in [0.717, 1.165) is 25.7 Å². The predicted molar refractivity (Wildman–Crippen MR) is 58.8 cm³/mol. The summed E-state index contributed by atoms with van der Waals surface area (Å²) < 4.78 is 0. The Kier molecular flexibility index (Phi) is 3.75. The highest BCUT2D eigenvalue weighted by Gasteiger charge is 2.18. The molecule has 1 atom stereocenters. The second-order valence-electron chi connectivity index (χ2n) is 5.26. The molecule has 0 heterocycles. The van der Waals surface area contributed by atoms with Gasteiger partial charge in [-0.25, -0.2) is 0 Å². The summed E-state index contributed by atoms with van der Waals surface area (Å²) in [5.74, 6) is 7.40. The number of carbonyl (C=O) groups excluding carboxylic acids is 1. The Morgan fingerprint density at radius 2 is 2.14 bits per heavy atom. The molecule has 1 heteroatoms. The van der Waals surface area contributed by atoms with Gasteiger partial charge in [0.1, 0.15) is 5.78 Å². The van der Waals surface area contributed by atoms with E-state index in [2.05, 4.69) is 32.6 Å². The Morgan fingerprint density at radius 1 is 1.43 bits per heavy atom. The van der Waals surface area contributed by atoms with Gasteiger partial charge in [-0.15, -0.1) is 5.92 Å². The van der Waals surface area contributed by atoms with Gasteiger partial charge in [-0.3, -0.25) is 4.79 Å². The molecule has 0 bridgehead atoms. The van der Waals surface area contributed by atoms with Crippen LogP contribution in [0.1, 0.15) is 52.9 Å². The van der Waals surface area contributed by atoms with Crippen molar-refractivity contribution < 1.29 is 4.79 Å². The number of Topliss-reactive ketones (excluding diaryl/α,β-unsaturated/α-hetero) is 1. The first-order chi connectivity index (χ1) is 6.47. The quantitative estimate of drug-likeness (QED) is 0.583. The van der Waals surface area contributed by atoms with Gasteiger partial charge in [-0.2, -0.15) is 0 Å². The van der Waals surface area contributed by atoms with Gasteiger partial charge in [0.05, 0.1) is 0 Å². The van der Waals surface area contributed by atoms with Gasteiger partial charge in [0, 0.05) is 24.7 Å². The molecule has 1 rings (SSSR count). The van der Waals surface area contributed by atoms with Gasteiger partial charge in [-0.05, 0) is 39.5 Å². The molecule has 14 heavy (non-hydrogen) atoms. The first-order valence-electron chi connectivity index (χ1n) is 5.49. The van der Waals surface area contributed by atoms with Crippen molar-refractivity contribution in [3.05, 3.63) is 0 Å². The summed E-state index contributed by atoms with van der Waals surface area (Å²) in [5.41, 5.74) is 0.0959. The van der Waals surface area contributed by atoms with Crippen molar-refractivity contribution in [3.63, 3.8) is 0 Å². The molecule has 1 nitrogen and oxygen atoms in total. The zero-order valence-electron chi connectivity index (χ0n) is 9.52. The largest absolute Gasteiger partial charge is 0.300 e. The van der Waals surface area contributed by atoms with E-state index in [9.17, 15) is 4.79 Å². The van der Waals surface area contributed by atoms with Gasteiger partial charge in [0.2, 0.25) is 0 Å². The minimum absolute atomic E-state index is 0.0959. The maximum absolute atomic E-state index is 11.2. The summed E-state index contributed by atoms with van der Waals surface area (Å²) in [6.45, 7) is 6.35. The van der Waals surface area contributed by atoms with E-state index < -0.39 is 0 Å². The number of carbonyl (C=O) groups is 1. The maximum Gasteiger partial charge on any atom is 0.133 e. The Labute approximate surface area is 87.3 Å². The van der Waals surface area contributed by atoms with E-state index in [1.807, 2.05) is 0 Å². The molecule has 0 spiro atoms. The number of hydrogen-bond acceptors (Lipinski definition) is 1. The van der Waals surface area contributed by atoms with Crippen LogP contribution in [-0.2, 0) is 4.79 Å². The van der Waals surface area contributed by atoms with Crippen molar-refractivity contribution >= 4 is 5.78 Å². The zero-order chi connectivity index (χ0) is 10.6. The fourth-order valence-corrected chi connectivity index (χ4v) is 1.75. The maximum atomic E-state index is 11.2. The van der Waals surface area contributed by atoms with Crippen LogP contribution in [0.15, 0.2) is 0 Å². The Hall–Kier alpha value is -0.770. The molecule has 0 radical (unpaired) electrons. The van der Waals surface area contributed by atoms with Crippen LogP contribution < -0.4 is 0 Å². The molecule has 0 aromatic heterocycles. The number of rotatable bonds is 1. The van der Waals surface area contributed by atoms with E-state index in [1.54, 1.807) is 0 Å². The normalized spacial score (nSPS) is 22.8. The summed E-state index contributed by atoms with van der Waals surface area (Å²) in [6, 6.07) is 0. The van der Waals surface area contributed by atoms with Crippen molar-refractivity contribution in [3.8, 4) is 11.8 Å². The van der Waals surface area contributed by atoms with Crippen molar-refractivity contribution in [2.75, 3.05) is 0 Å². The van der Waals surface area contributed by atoms with E-state index >= 15 is 0 Å². The fraction of sp³-hybridized carbons (Fsp3) is 0.769. The van der Waals surface area contributed by atoms with E-state index in [1.165, 1.54) is 6.42 Å². The van der Waals surface area contributed by atoms with Crippen molar-refractivity contribution in [1.29, 1.82) is 0 Å². The van der Waals surface area contributed by atoms with Gasteiger partial charge in [0.25, 0.3) is 0 Å². The zero-order valence-corrected chi connectivity index (χ0v) is 9.52. The smallest absolute Gasteiger partial charge is 0.133 e. The first kappa shape index (κ1) is 11.3. The molecule has 0 aromatic carbocycles. The molecule has 1 fully saturated rings. The lowest BCUT2D eigenvalue weighted by Crippen LogP contribution is -2.14. The molecule has 0 aliphatic heterocycles. The standard InChI is InChI=1S/C13H20O/c1-13(2,3)9-5-7-11-6-4-8-12(14)10-11/h11H,4,6-8,10H2,1-3H3. The molecule has 0 saturated heterocycles. The summed E-state index contributed by atoms with van der Waals surface area (Å²) in [7, 11) is 0.